The highest BCUT2D eigenvalue weighted by atomic mass is 32.2. The van der Waals surface area contributed by atoms with Crippen LogP contribution in [-0.2, 0) is 9.54 Å². The predicted octanol–water partition coefficient (Wildman–Crippen LogP) is 2.90. The fourth-order valence-corrected chi connectivity index (χ4v) is 4.33. The number of amides is 1. The van der Waals surface area contributed by atoms with Gasteiger partial charge in [-0.3, -0.25) is 4.79 Å². The number of benzene rings is 1. The molecule has 104 valence electrons. The first kappa shape index (κ1) is 14.3. The lowest BCUT2D eigenvalue weighted by atomic mass is 9.90. The molecule has 0 aliphatic carbocycles. The highest BCUT2D eigenvalue weighted by molar-refractivity contribution is 8.01. The van der Waals surface area contributed by atoms with Crippen molar-refractivity contribution >= 4 is 17.7 Å². The molecule has 1 aliphatic heterocycles. The van der Waals surface area contributed by atoms with Gasteiger partial charge < -0.3 is 9.64 Å². The molecule has 0 aromatic heterocycles. The summed E-state index contributed by atoms with van der Waals surface area (Å²) in [5, 5.41) is 0. The van der Waals surface area contributed by atoms with Gasteiger partial charge in [-0.2, -0.15) is 0 Å². The maximum atomic E-state index is 12.8. The lowest BCUT2D eigenvalue weighted by molar-refractivity contribution is -0.133. The highest BCUT2D eigenvalue weighted by Gasteiger charge is 2.45. The van der Waals surface area contributed by atoms with E-state index in [9.17, 15) is 4.79 Å². The number of carbonyl (C=O) groups is 1. The van der Waals surface area contributed by atoms with Gasteiger partial charge >= 0.3 is 0 Å². The molecule has 0 bridgehead atoms. The second-order valence-corrected chi connectivity index (χ2v) is 6.25. The van der Waals surface area contributed by atoms with Gasteiger partial charge in [0.25, 0.3) is 0 Å². The van der Waals surface area contributed by atoms with E-state index in [0.717, 1.165) is 36.5 Å². The molecule has 1 heterocycles. The molecule has 1 amide bonds. The van der Waals surface area contributed by atoms with Crippen LogP contribution in [0.15, 0.2) is 24.3 Å². The van der Waals surface area contributed by atoms with E-state index in [4.69, 9.17) is 4.74 Å². The number of methoxy groups -OCH3 is 1. The number of ether oxygens (including phenoxy) is 1. The molecule has 1 fully saturated rings. The Morgan fingerprint density at radius 2 is 2.16 bits per heavy atom. The fourth-order valence-electron chi connectivity index (χ4n) is 2.67. The molecule has 0 N–H and O–H groups in total. The van der Waals surface area contributed by atoms with Gasteiger partial charge in [-0.05, 0) is 12.5 Å². The molecule has 19 heavy (non-hydrogen) atoms. The van der Waals surface area contributed by atoms with Crippen LogP contribution in [-0.4, -0.2) is 37.3 Å². The molecule has 1 atom stereocenters. The second kappa shape index (κ2) is 5.87. The monoisotopic (exact) mass is 279 g/mol. The Balaban J connectivity index is 2.52. The number of para-hydroxylation sites is 1. The van der Waals surface area contributed by atoms with Gasteiger partial charge in [-0.1, -0.05) is 31.5 Å². The van der Waals surface area contributed by atoms with Crippen molar-refractivity contribution in [2.75, 3.05) is 26.5 Å². The Morgan fingerprint density at radius 3 is 2.84 bits per heavy atom. The smallest absolute Gasteiger partial charge is 0.243 e. The van der Waals surface area contributed by atoms with Crippen LogP contribution < -0.4 is 4.74 Å². The maximum absolute atomic E-state index is 12.8. The quantitative estimate of drug-likeness (QED) is 0.849. The Labute approximate surface area is 119 Å². The minimum atomic E-state index is -0.478. The van der Waals surface area contributed by atoms with E-state index in [2.05, 4.69) is 6.92 Å². The minimum absolute atomic E-state index is 0.204. The van der Waals surface area contributed by atoms with Crippen molar-refractivity contribution in [1.29, 1.82) is 0 Å². The van der Waals surface area contributed by atoms with E-state index in [-0.39, 0.29) is 5.91 Å². The third kappa shape index (κ3) is 2.46. The third-order valence-corrected chi connectivity index (χ3v) is 5.09. The van der Waals surface area contributed by atoms with E-state index in [0.29, 0.717) is 0 Å². The SMILES string of the molecule is CCCC1(c2ccccc2OC)SCCN(C)C1=O. The zero-order chi connectivity index (χ0) is 13.9. The first-order chi connectivity index (χ1) is 9.15. The average Bonchev–Trinajstić information content (AvgIpc) is 2.44. The van der Waals surface area contributed by atoms with Crippen LogP contribution in [0.2, 0.25) is 0 Å². The first-order valence-corrected chi connectivity index (χ1v) is 7.67. The van der Waals surface area contributed by atoms with E-state index in [1.54, 1.807) is 18.9 Å². The van der Waals surface area contributed by atoms with E-state index < -0.39 is 4.75 Å². The lowest BCUT2D eigenvalue weighted by Gasteiger charge is -2.40. The number of hydrogen-bond donors (Lipinski definition) is 0. The van der Waals surface area contributed by atoms with Crippen molar-refractivity contribution in [3.05, 3.63) is 29.8 Å². The van der Waals surface area contributed by atoms with Crippen molar-refractivity contribution in [2.45, 2.75) is 24.5 Å². The van der Waals surface area contributed by atoms with Gasteiger partial charge in [0, 0.05) is 24.9 Å². The van der Waals surface area contributed by atoms with Crippen molar-refractivity contribution in [1.82, 2.24) is 4.90 Å². The Morgan fingerprint density at radius 1 is 1.42 bits per heavy atom. The number of hydrogen-bond acceptors (Lipinski definition) is 3. The number of rotatable bonds is 4. The molecular formula is C15H21NO2S. The van der Waals surface area contributed by atoms with E-state index in [1.807, 2.05) is 36.2 Å². The summed E-state index contributed by atoms with van der Waals surface area (Å²) in [7, 11) is 3.56. The number of nitrogens with zero attached hydrogens (tertiary/aromatic N) is 1. The van der Waals surface area contributed by atoms with Gasteiger partial charge in [0.15, 0.2) is 0 Å². The summed E-state index contributed by atoms with van der Waals surface area (Å²) < 4.78 is 4.99. The largest absolute Gasteiger partial charge is 0.496 e. The summed E-state index contributed by atoms with van der Waals surface area (Å²) in [5.74, 6) is 1.99. The van der Waals surface area contributed by atoms with Crippen molar-refractivity contribution in [2.24, 2.45) is 0 Å². The van der Waals surface area contributed by atoms with Crippen molar-refractivity contribution < 1.29 is 9.53 Å². The van der Waals surface area contributed by atoms with E-state index >= 15 is 0 Å². The Bertz CT molecular complexity index is 459. The summed E-state index contributed by atoms with van der Waals surface area (Å²) in [4.78, 5) is 14.6. The molecule has 1 aromatic carbocycles. The van der Waals surface area contributed by atoms with Gasteiger partial charge in [0.1, 0.15) is 10.5 Å². The maximum Gasteiger partial charge on any atom is 0.243 e. The van der Waals surface area contributed by atoms with Crippen molar-refractivity contribution in [3.8, 4) is 5.75 Å². The molecule has 1 aliphatic rings. The summed E-state index contributed by atoms with van der Waals surface area (Å²) in [6, 6.07) is 7.90. The van der Waals surface area contributed by atoms with Crippen molar-refractivity contribution in [3.63, 3.8) is 0 Å². The summed E-state index contributed by atoms with van der Waals surface area (Å²) in [5.41, 5.74) is 1.01. The molecule has 4 heteroatoms. The Hall–Kier alpha value is -1.16. The second-order valence-electron chi connectivity index (χ2n) is 4.85. The molecule has 0 radical (unpaired) electrons. The van der Waals surface area contributed by atoms with Crippen LogP contribution in [0.25, 0.3) is 0 Å². The van der Waals surface area contributed by atoms with Crippen LogP contribution in [0, 0.1) is 0 Å². The number of thioether (sulfide) groups is 1. The molecule has 2 rings (SSSR count). The number of likely N-dealkylation sites (N-methyl/N-ethyl adjacent to an activating group) is 1. The molecule has 0 spiro atoms. The van der Waals surface area contributed by atoms with Crippen LogP contribution in [0.5, 0.6) is 5.75 Å². The zero-order valence-corrected chi connectivity index (χ0v) is 12.6. The average molecular weight is 279 g/mol. The molecule has 0 saturated carbocycles. The first-order valence-electron chi connectivity index (χ1n) is 6.68. The summed E-state index contributed by atoms with van der Waals surface area (Å²) >= 11 is 1.76. The Kier molecular flexibility index (Phi) is 4.40. The zero-order valence-electron chi connectivity index (χ0n) is 11.8. The topological polar surface area (TPSA) is 29.5 Å². The van der Waals surface area contributed by atoms with Crippen LogP contribution in [0.1, 0.15) is 25.3 Å². The number of carbonyl (C=O) groups excluding carboxylic acids is 1. The lowest BCUT2D eigenvalue weighted by Crippen LogP contribution is -2.48. The van der Waals surface area contributed by atoms with Crippen LogP contribution in [0.3, 0.4) is 0 Å². The summed E-state index contributed by atoms with van der Waals surface area (Å²) in [6.07, 6.45) is 1.83. The van der Waals surface area contributed by atoms with Crippen LogP contribution >= 0.6 is 11.8 Å². The normalized spacial score (nSPS) is 23.5. The van der Waals surface area contributed by atoms with Gasteiger partial charge in [0.2, 0.25) is 5.91 Å². The fraction of sp³-hybridized carbons (Fsp3) is 0.533. The molecular weight excluding hydrogens is 258 g/mol. The van der Waals surface area contributed by atoms with Gasteiger partial charge in [0.05, 0.1) is 7.11 Å². The van der Waals surface area contributed by atoms with Crippen LogP contribution in [0.4, 0.5) is 0 Å². The third-order valence-electron chi connectivity index (χ3n) is 3.61. The van der Waals surface area contributed by atoms with E-state index in [1.165, 1.54) is 0 Å². The highest BCUT2D eigenvalue weighted by Crippen LogP contribution is 2.47. The van der Waals surface area contributed by atoms with Gasteiger partial charge in [-0.15, -0.1) is 11.8 Å². The van der Waals surface area contributed by atoms with Gasteiger partial charge in [-0.25, -0.2) is 0 Å². The summed E-state index contributed by atoms with van der Waals surface area (Å²) in [6.45, 7) is 2.95. The molecule has 1 saturated heterocycles. The standard InChI is InChI=1S/C15H21NO2S/c1-4-9-15(14(17)16(2)10-11-19-15)12-7-5-6-8-13(12)18-3/h5-8H,4,9-11H2,1-3H3. The minimum Gasteiger partial charge on any atom is -0.496 e. The molecule has 1 unspecified atom stereocenters. The molecule has 3 nitrogen and oxygen atoms in total. The predicted molar refractivity (Wildman–Crippen MR) is 79.7 cm³/mol. The molecule has 1 aromatic rings.